The second kappa shape index (κ2) is 8.31. The Kier molecular flexibility index (Phi) is 6.37. The highest BCUT2D eigenvalue weighted by Crippen LogP contribution is 2.24. The predicted octanol–water partition coefficient (Wildman–Crippen LogP) is 2.17. The van der Waals surface area contributed by atoms with Gasteiger partial charge in [0.1, 0.15) is 6.54 Å². The van der Waals surface area contributed by atoms with Crippen molar-refractivity contribution >= 4 is 21.6 Å². The van der Waals surface area contributed by atoms with Gasteiger partial charge in [-0.05, 0) is 55.2 Å². The Morgan fingerprint density at radius 2 is 1.77 bits per heavy atom. The molecule has 2 rings (SSSR count). The normalized spacial score (nSPS) is 11.2. The third kappa shape index (κ3) is 5.05. The number of pyridine rings is 1. The number of anilines is 1. The van der Waals surface area contributed by atoms with E-state index < -0.39 is 10.0 Å². The van der Waals surface area contributed by atoms with Crippen LogP contribution in [-0.2, 0) is 21.2 Å². The van der Waals surface area contributed by atoms with Crippen LogP contribution in [-0.4, -0.2) is 50.6 Å². The molecule has 0 atom stereocenters. The number of aryl methyl sites for hydroxylation is 1. The Bertz CT molecular complexity index is 867. The Labute approximate surface area is 155 Å². The van der Waals surface area contributed by atoms with Gasteiger partial charge in [-0.15, -0.1) is 0 Å². The van der Waals surface area contributed by atoms with Crippen LogP contribution in [0.2, 0.25) is 0 Å². The fourth-order valence-electron chi connectivity index (χ4n) is 2.60. The van der Waals surface area contributed by atoms with Gasteiger partial charge in [-0.2, -0.15) is 0 Å². The zero-order valence-electron chi connectivity index (χ0n) is 15.6. The van der Waals surface area contributed by atoms with Crippen LogP contribution in [0.5, 0.6) is 0 Å². The first-order valence-electron chi connectivity index (χ1n) is 8.37. The van der Waals surface area contributed by atoms with Crippen LogP contribution in [0.4, 0.5) is 5.69 Å². The molecule has 140 valence electrons. The summed E-state index contributed by atoms with van der Waals surface area (Å²) in [5.74, 6) is -0.245. The first-order valence-corrected chi connectivity index (χ1v) is 10.2. The zero-order valence-corrected chi connectivity index (χ0v) is 16.5. The number of hydrogen-bond acceptors (Lipinski definition) is 4. The van der Waals surface area contributed by atoms with Crippen LogP contribution in [0.1, 0.15) is 16.7 Å². The van der Waals surface area contributed by atoms with Gasteiger partial charge in [0.05, 0.1) is 11.9 Å². The second-order valence-corrected chi connectivity index (χ2v) is 8.32. The van der Waals surface area contributed by atoms with Crippen LogP contribution >= 0.6 is 0 Å². The third-order valence-corrected chi connectivity index (χ3v) is 5.56. The van der Waals surface area contributed by atoms with Gasteiger partial charge >= 0.3 is 0 Å². The van der Waals surface area contributed by atoms with Gasteiger partial charge in [-0.3, -0.25) is 14.1 Å². The summed E-state index contributed by atoms with van der Waals surface area (Å²) in [4.78, 5) is 18.1. The van der Waals surface area contributed by atoms with E-state index in [1.807, 2.05) is 32.0 Å². The number of sulfonamides is 1. The van der Waals surface area contributed by atoms with Crippen LogP contribution < -0.4 is 4.31 Å². The van der Waals surface area contributed by atoms with Crippen LogP contribution in [0.15, 0.2) is 42.7 Å². The number of likely N-dealkylation sites (N-methyl/N-ethyl adjacent to an activating group) is 1. The molecule has 6 nitrogen and oxygen atoms in total. The summed E-state index contributed by atoms with van der Waals surface area (Å²) in [7, 11) is -1.89. The highest BCUT2D eigenvalue weighted by molar-refractivity contribution is 7.92. The number of aromatic nitrogens is 1. The fraction of sp³-hybridized carbons (Fsp3) is 0.368. The molecule has 0 saturated carbocycles. The quantitative estimate of drug-likeness (QED) is 0.744. The second-order valence-electron chi connectivity index (χ2n) is 6.41. The molecule has 7 heteroatoms. The number of hydrogen-bond donors (Lipinski definition) is 0. The van der Waals surface area contributed by atoms with E-state index in [1.54, 1.807) is 36.5 Å². The predicted molar refractivity (Wildman–Crippen MR) is 104 cm³/mol. The maximum absolute atomic E-state index is 12.6. The van der Waals surface area contributed by atoms with Crippen molar-refractivity contribution in [3.05, 3.63) is 59.4 Å². The van der Waals surface area contributed by atoms with Crippen molar-refractivity contribution in [2.24, 2.45) is 0 Å². The van der Waals surface area contributed by atoms with Crippen molar-refractivity contribution in [1.82, 2.24) is 9.88 Å². The first-order chi connectivity index (χ1) is 12.2. The molecule has 1 heterocycles. The molecule has 2 aromatic rings. The summed E-state index contributed by atoms with van der Waals surface area (Å²) in [5.41, 5.74) is 3.46. The Hall–Kier alpha value is -2.41. The van der Waals surface area contributed by atoms with Crippen molar-refractivity contribution in [3.63, 3.8) is 0 Å². The highest BCUT2D eigenvalue weighted by atomic mass is 32.2. The Morgan fingerprint density at radius 3 is 2.38 bits per heavy atom. The number of nitrogens with zero attached hydrogens (tertiary/aromatic N) is 3. The fourth-order valence-corrected chi connectivity index (χ4v) is 3.50. The zero-order chi connectivity index (χ0) is 19.3. The molecule has 0 bridgehead atoms. The molecule has 26 heavy (non-hydrogen) atoms. The Balaban J connectivity index is 2.13. The van der Waals surface area contributed by atoms with E-state index in [0.717, 1.165) is 22.9 Å². The number of carbonyl (C=O) groups excluding carboxylic acids is 1. The van der Waals surface area contributed by atoms with Gasteiger partial charge in [0.15, 0.2) is 0 Å². The minimum atomic E-state index is -3.58. The van der Waals surface area contributed by atoms with Crippen molar-refractivity contribution < 1.29 is 13.2 Å². The summed E-state index contributed by atoms with van der Waals surface area (Å²) >= 11 is 0. The molecule has 1 amide bonds. The molecule has 0 N–H and O–H groups in total. The van der Waals surface area contributed by atoms with E-state index in [9.17, 15) is 13.2 Å². The number of rotatable bonds is 7. The number of amides is 1. The number of carbonyl (C=O) groups is 1. The smallest absolute Gasteiger partial charge is 0.243 e. The molecule has 0 aliphatic heterocycles. The lowest BCUT2D eigenvalue weighted by Gasteiger charge is -2.27. The lowest BCUT2D eigenvalue weighted by molar-refractivity contribution is -0.128. The van der Waals surface area contributed by atoms with E-state index in [2.05, 4.69) is 4.98 Å². The molecule has 1 aromatic carbocycles. The van der Waals surface area contributed by atoms with Gasteiger partial charge in [0.2, 0.25) is 15.9 Å². The van der Waals surface area contributed by atoms with Gasteiger partial charge in [-0.25, -0.2) is 8.42 Å². The summed E-state index contributed by atoms with van der Waals surface area (Å²) in [6.45, 7) is 4.08. The minimum absolute atomic E-state index is 0.212. The average Bonchev–Trinajstić information content (AvgIpc) is 2.60. The van der Waals surface area contributed by atoms with E-state index in [0.29, 0.717) is 18.7 Å². The van der Waals surface area contributed by atoms with Crippen LogP contribution in [0, 0.1) is 13.8 Å². The monoisotopic (exact) mass is 375 g/mol. The van der Waals surface area contributed by atoms with Crippen molar-refractivity contribution in [2.45, 2.75) is 20.3 Å². The van der Waals surface area contributed by atoms with E-state index in [1.165, 1.54) is 4.31 Å². The summed E-state index contributed by atoms with van der Waals surface area (Å²) < 4.78 is 25.7. The van der Waals surface area contributed by atoms with Gasteiger partial charge in [0, 0.05) is 26.0 Å². The average molecular weight is 375 g/mol. The minimum Gasteiger partial charge on any atom is -0.344 e. The SMILES string of the molecule is Cc1cccc(N(CC(=O)N(C)CCc2ccncc2)S(C)(=O)=O)c1C. The molecule has 0 unspecified atom stereocenters. The molecule has 0 fully saturated rings. The molecule has 0 radical (unpaired) electrons. The molecule has 0 aliphatic rings. The Morgan fingerprint density at radius 1 is 1.12 bits per heavy atom. The van der Waals surface area contributed by atoms with Crippen molar-refractivity contribution in [3.8, 4) is 0 Å². The summed E-state index contributed by atoms with van der Waals surface area (Å²) in [6.07, 6.45) is 5.23. The molecular weight excluding hydrogens is 350 g/mol. The summed E-state index contributed by atoms with van der Waals surface area (Å²) in [5, 5.41) is 0. The topological polar surface area (TPSA) is 70.6 Å². The summed E-state index contributed by atoms with van der Waals surface area (Å²) in [6, 6.07) is 9.25. The molecule has 0 spiro atoms. The third-order valence-electron chi connectivity index (χ3n) is 4.43. The molecule has 0 saturated heterocycles. The van der Waals surface area contributed by atoms with E-state index in [4.69, 9.17) is 0 Å². The molecular formula is C19H25N3O3S. The maximum Gasteiger partial charge on any atom is 0.243 e. The standard InChI is InChI=1S/C19H25N3O3S/c1-15-6-5-7-18(16(15)2)22(26(4,24)25)14-19(23)21(3)13-10-17-8-11-20-12-9-17/h5-9,11-12H,10,13-14H2,1-4H3. The highest BCUT2D eigenvalue weighted by Gasteiger charge is 2.24. The van der Waals surface area contributed by atoms with Crippen LogP contribution in [0.3, 0.4) is 0 Å². The van der Waals surface area contributed by atoms with Crippen molar-refractivity contribution in [2.75, 3.05) is 30.7 Å². The van der Waals surface area contributed by atoms with E-state index in [-0.39, 0.29) is 12.5 Å². The lowest BCUT2D eigenvalue weighted by atomic mass is 10.1. The largest absolute Gasteiger partial charge is 0.344 e. The first kappa shape index (κ1) is 19.9. The van der Waals surface area contributed by atoms with Gasteiger partial charge < -0.3 is 4.90 Å². The van der Waals surface area contributed by atoms with Crippen molar-refractivity contribution in [1.29, 1.82) is 0 Å². The molecule has 1 aromatic heterocycles. The van der Waals surface area contributed by atoms with E-state index >= 15 is 0 Å². The maximum atomic E-state index is 12.6. The van der Waals surface area contributed by atoms with Gasteiger partial charge in [-0.1, -0.05) is 12.1 Å². The van der Waals surface area contributed by atoms with Crippen LogP contribution in [0.25, 0.3) is 0 Å². The lowest BCUT2D eigenvalue weighted by Crippen LogP contribution is -2.42. The number of benzene rings is 1. The molecule has 0 aliphatic carbocycles. The van der Waals surface area contributed by atoms with Gasteiger partial charge in [0.25, 0.3) is 0 Å².